The monoisotopic (exact) mass is 117 g/mol. The maximum Gasteiger partial charge on any atom is 0.177 e. The Morgan fingerprint density at radius 1 is 1.62 bits per heavy atom. The van der Waals surface area contributed by atoms with Crippen LogP contribution in [0.25, 0.3) is 0 Å². The van der Waals surface area contributed by atoms with Gasteiger partial charge in [-0.3, -0.25) is 0 Å². The van der Waals surface area contributed by atoms with Crippen molar-refractivity contribution in [2.75, 3.05) is 0 Å². The minimum Gasteiger partial charge on any atom is -0.474 e. The van der Waals surface area contributed by atoms with Crippen molar-refractivity contribution >= 4 is 0 Å². The molecule has 0 atom stereocenters. The lowest BCUT2D eigenvalue weighted by molar-refractivity contribution is 0.0515. The first-order valence-corrected chi connectivity index (χ1v) is 2.55. The largest absolute Gasteiger partial charge is 0.474 e. The fraction of sp³-hybridized carbons (Fsp3) is 0.667. The summed E-state index contributed by atoms with van der Waals surface area (Å²) in [5.41, 5.74) is 4.96. The molecule has 0 aliphatic heterocycles. The second-order valence-corrected chi connectivity index (χ2v) is 2.68. The van der Waals surface area contributed by atoms with E-state index in [9.17, 15) is 0 Å². The van der Waals surface area contributed by atoms with Gasteiger partial charge >= 0.3 is 0 Å². The normalized spacial score (nSPS) is 10.9. The first-order chi connectivity index (χ1) is 3.42. The van der Waals surface area contributed by atoms with Crippen molar-refractivity contribution in [3.05, 3.63) is 12.5 Å². The van der Waals surface area contributed by atoms with E-state index in [1.165, 1.54) is 0 Å². The van der Waals surface area contributed by atoms with Crippen LogP contribution in [0.3, 0.4) is 0 Å². The Hall–Kier alpha value is -0.660. The van der Waals surface area contributed by atoms with Crippen LogP contribution in [0.5, 0.6) is 0 Å². The minimum atomic E-state index is -0.203. The molecule has 0 saturated carbocycles. The molecular weight excluding hydrogens is 102 g/mol. The Labute approximate surface area is 51.8 Å². The number of hydrogen-bond donors (Lipinski definition) is 1. The third kappa shape index (κ3) is 5.34. The van der Waals surface area contributed by atoms with E-state index < -0.39 is 0 Å². The Morgan fingerprint density at radius 3 is 2.00 bits per heavy atom. The Bertz CT molecular complexity index is 95.7. The lowest BCUT2D eigenvalue weighted by atomic mass is 10.2. The molecule has 0 radical (unpaired) electrons. The van der Waals surface area contributed by atoms with Crippen molar-refractivity contribution in [3.8, 4) is 0 Å². The van der Waals surface area contributed by atoms with Gasteiger partial charge in [-0.2, -0.15) is 0 Å². The van der Waals surface area contributed by atoms with Crippen LogP contribution in [0.15, 0.2) is 12.5 Å². The van der Waals surface area contributed by atoms with Gasteiger partial charge < -0.3 is 10.5 Å². The molecule has 2 N–H and O–H groups in total. The summed E-state index contributed by atoms with van der Waals surface area (Å²) in [5, 5.41) is 0. The van der Waals surface area contributed by atoms with Gasteiger partial charge in [0, 0.05) is 1.43 Å². The molecule has 0 spiro atoms. The second-order valence-electron chi connectivity index (χ2n) is 2.68. The van der Waals surface area contributed by atoms with E-state index in [0.717, 1.165) is 0 Å². The quantitative estimate of drug-likeness (QED) is 0.528. The zero-order chi connectivity index (χ0) is 6.78. The van der Waals surface area contributed by atoms with Gasteiger partial charge in [-0.25, -0.2) is 0 Å². The molecule has 0 bridgehead atoms. The minimum absolute atomic E-state index is 0. The number of ether oxygens (including phenoxy) is 1. The summed E-state index contributed by atoms with van der Waals surface area (Å²) < 4.78 is 5.02. The highest BCUT2D eigenvalue weighted by Gasteiger charge is 2.09. The highest BCUT2D eigenvalue weighted by Crippen LogP contribution is 2.07. The molecule has 8 heavy (non-hydrogen) atoms. The van der Waals surface area contributed by atoms with E-state index in [-0.39, 0.29) is 12.9 Å². The summed E-state index contributed by atoms with van der Waals surface area (Å²) >= 11 is 0. The number of rotatable bonds is 1. The Balaban J connectivity index is 0. The number of nitrogens with two attached hydrogens (primary N) is 1. The summed E-state index contributed by atoms with van der Waals surface area (Å²) in [6.07, 6.45) is 0. The molecule has 0 heterocycles. The van der Waals surface area contributed by atoms with Crippen molar-refractivity contribution in [1.82, 2.24) is 0 Å². The molecule has 2 nitrogen and oxygen atoms in total. The summed E-state index contributed by atoms with van der Waals surface area (Å²) in [6, 6.07) is 0. The fourth-order valence-electron chi connectivity index (χ4n) is 0.393. The molecule has 0 aromatic rings. The van der Waals surface area contributed by atoms with Crippen molar-refractivity contribution in [2.24, 2.45) is 5.73 Å². The van der Waals surface area contributed by atoms with Gasteiger partial charge in [-0.05, 0) is 27.4 Å². The van der Waals surface area contributed by atoms with Crippen LogP contribution in [0.4, 0.5) is 0 Å². The molecular formula is C6H15NO. The van der Waals surface area contributed by atoms with Gasteiger partial charge in [0.1, 0.15) is 5.60 Å². The topological polar surface area (TPSA) is 35.2 Å². The van der Waals surface area contributed by atoms with Crippen molar-refractivity contribution in [3.63, 3.8) is 0 Å². The van der Waals surface area contributed by atoms with Gasteiger partial charge in [0.25, 0.3) is 0 Å². The van der Waals surface area contributed by atoms with Crippen LogP contribution >= 0.6 is 0 Å². The predicted molar refractivity (Wildman–Crippen MR) is 36.3 cm³/mol. The molecule has 0 amide bonds. The standard InChI is InChI=1S/C6H13NO.H2/c1-5(7)8-6(2,3)4;/h1,7H2,2-4H3;1H. The first-order valence-electron chi connectivity index (χ1n) is 2.55. The molecule has 50 valence electrons. The van der Waals surface area contributed by atoms with Crippen LogP contribution in [0, 0.1) is 0 Å². The van der Waals surface area contributed by atoms with Gasteiger partial charge in [-0.1, -0.05) is 0 Å². The zero-order valence-corrected chi connectivity index (χ0v) is 5.69. The van der Waals surface area contributed by atoms with Crippen molar-refractivity contribution in [2.45, 2.75) is 26.4 Å². The Kier molecular flexibility index (Phi) is 1.90. The second kappa shape index (κ2) is 2.07. The van der Waals surface area contributed by atoms with Crippen LogP contribution in [0.2, 0.25) is 0 Å². The van der Waals surface area contributed by atoms with Crippen LogP contribution in [0.1, 0.15) is 22.2 Å². The lowest BCUT2D eigenvalue weighted by Gasteiger charge is -2.19. The molecule has 0 saturated heterocycles. The molecule has 0 aliphatic rings. The average Bonchev–Trinajstić information content (AvgIpc) is 1.21. The first kappa shape index (κ1) is 7.34. The van der Waals surface area contributed by atoms with Crippen molar-refractivity contribution < 1.29 is 6.16 Å². The van der Waals surface area contributed by atoms with E-state index in [1.54, 1.807) is 0 Å². The maximum absolute atomic E-state index is 5.16. The van der Waals surface area contributed by atoms with E-state index in [4.69, 9.17) is 10.5 Å². The molecule has 0 fully saturated rings. The predicted octanol–water partition coefficient (Wildman–Crippen LogP) is 1.48. The third-order valence-corrected chi connectivity index (χ3v) is 0.437. The Morgan fingerprint density at radius 2 is 2.00 bits per heavy atom. The average molecular weight is 117 g/mol. The summed E-state index contributed by atoms with van der Waals surface area (Å²) in [6.45, 7) is 9.16. The summed E-state index contributed by atoms with van der Waals surface area (Å²) in [5.74, 6) is 0.275. The molecule has 0 aromatic heterocycles. The molecule has 0 unspecified atom stereocenters. The van der Waals surface area contributed by atoms with Crippen molar-refractivity contribution in [1.29, 1.82) is 0 Å². The van der Waals surface area contributed by atoms with Gasteiger partial charge in [0.05, 0.1) is 0 Å². The van der Waals surface area contributed by atoms with Crippen LogP contribution in [-0.2, 0) is 4.74 Å². The van der Waals surface area contributed by atoms with E-state index >= 15 is 0 Å². The van der Waals surface area contributed by atoms with Crippen LogP contribution in [-0.4, -0.2) is 5.60 Å². The van der Waals surface area contributed by atoms with E-state index in [0.29, 0.717) is 0 Å². The summed E-state index contributed by atoms with van der Waals surface area (Å²) in [7, 11) is 0. The molecule has 0 rings (SSSR count). The van der Waals surface area contributed by atoms with Gasteiger partial charge in [0.15, 0.2) is 5.88 Å². The number of hydrogen-bond acceptors (Lipinski definition) is 2. The molecule has 0 aliphatic carbocycles. The van der Waals surface area contributed by atoms with Gasteiger partial charge in [-0.15, -0.1) is 0 Å². The lowest BCUT2D eigenvalue weighted by Crippen LogP contribution is -2.21. The van der Waals surface area contributed by atoms with E-state index in [1.807, 2.05) is 20.8 Å². The molecule has 0 aromatic carbocycles. The van der Waals surface area contributed by atoms with Crippen LogP contribution < -0.4 is 5.73 Å². The highest BCUT2D eigenvalue weighted by atomic mass is 16.5. The summed E-state index contributed by atoms with van der Waals surface area (Å²) in [4.78, 5) is 0. The zero-order valence-electron chi connectivity index (χ0n) is 5.69. The fourth-order valence-corrected chi connectivity index (χ4v) is 0.393. The highest BCUT2D eigenvalue weighted by molar-refractivity contribution is 4.76. The van der Waals surface area contributed by atoms with Gasteiger partial charge in [0.2, 0.25) is 0 Å². The third-order valence-electron chi connectivity index (χ3n) is 0.437. The molecule has 2 heteroatoms. The SMILES string of the molecule is C=C(N)OC(C)(C)C.[HH]. The van der Waals surface area contributed by atoms with E-state index in [2.05, 4.69) is 6.58 Å². The smallest absolute Gasteiger partial charge is 0.177 e. The maximum atomic E-state index is 5.16.